The Morgan fingerprint density at radius 2 is 1.94 bits per heavy atom. The highest BCUT2D eigenvalue weighted by atomic mass is 16.5. The SMILES string of the molecule is COc1ccc([C@@H](CNC(=O)[C@@H]2CCCN(c3cnccn3)C2)N2CCCCC2)cc1. The molecule has 4 rings (SSSR count). The van der Waals surface area contributed by atoms with Gasteiger partial charge in [0, 0.05) is 32.0 Å². The zero-order valence-corrected chi connectivity index (χ0v) is 18.4. The monoisotopic (exact) mass is 423 g/mol. The molecule has 31 heavy (non-hydrogen) atoms. The zero-order valence-electron chi connectivity index (χ0n) is 18.4. The molecule has 2 atom stereocenters. The molecule has 2 aliphatic heterocycles. The molecule has 1 aromatic heterocycles. The lowest BCUT2D eigenvalue weighted by Crippen LogP contribution is -2.46. The van der Waals surface area contributed by atoms with Gasteiger partial charge in [-0.15, -0.1) is 0 Å². The third-order valence-electron chi connectivity index (χ3n) is 6.47. The van der Waals surface area contributed by atoms with Crippen molar-refractivity contribution in [1.29, 1.82) is 0 Å². The maximum Gasteiger partial charge on any atom is 0.224 e. The number of piperidine rings is 2. The van der Waals surface area contributed by atoms with Gasteiger partial charge in [0.2, 0.25) is 5.91 Å². The number of benzene rings is 1. The van der Waals surface area contributed by atoms with Crippen LogP contribution in [0.4, 0.5) is 5.82 Å². The van der Waals surface area contributed by atoms with Gasteiger partial charge in [-0.1, -0.05) is 18.6 Å². The van der Waals surface area contributed by atoms with Crippen LogP contribution in [-0.4, -0.2) is 60.6 Å². The summed E-state index contributed by atoms with van der Waals surface area (Å²) < 4.78 is 5.32. The second-order valence-corrected chi connectivity index (χ2v) is 8.48. The molecule has 7 heteroatoms. The quantitative estimate of drug-likeness (QED) is 0.738. The highest BCUT2D eigenvalue weighted by molar-refractivity contribution is 5.79. The fourth-order valence-electron chi connectivity index (χ4n) is 4.71. The molecule has 2 saturated heterocycles. The summed E-state index contributed by atoms with van der Waals surface area (Å²) >= 11 is 0. The maximum absolute atomic E-state index is 13.1. The molecule has 0 bridgehead atoms. The van der Waals surface area contributed by atoms with Crippen molar-refractivity contribution in [3.05, 3.63) is 48.4 Å². The number of hydrogen-bond donors (Lipinski definition) is 1. The van der Waals surface area contributed by atoms with Gasteiger partial charge in [-0.2, -0.15) is 0 Å². The van der Waals surface area contributed by atoms with Gasteiger partial charge in [-0.25, -0.2) is 4.98 Å². The lowest BCUT2D eigenvalue weighted by molar-refractivity contribution is -0.125. The number of hydrogen-bond acceptors (Lipinski definition) is 6. The molecule has 1 aromatic carbocycles. The van der Waals surface area contributed by atoms with Gasteiger partial charge >= 0.3 is 0 Å². The van der Waals surface area contributed by atoms with Gasteiger partial charge in [0.25, 0.3) is 0 Å². The van der Waals surface area contributed by atoms with E-state index in [-0.39, 0.29) is 17.9 Å². The Labute approximate surface area is 184 Å². The third-order valence-corrected chi connectivity index (χ3v) is 6.47. The highest BCUT2D eigenvalue weighted by Gasteiger charge is 2.28. The van der Waals surface area contributed by atoms with Crippen molar-refractivity contribution < 1.29 is 9.53 Å². The Bertz CT molecular complexity index is 824. The van der Waals surface area contributed by atoms with Crippen LogP contribution in [0.1, 0.15) is 43.7 Å². The van der Waals surface area contributed by atoms with E-state index in [0.717, 1.165) is 44.0 Å². The number of carbonyl (C=O) groups excluding carboxylic acids is 1. The number of likely N-dealkylation sites (tertiary alicyclic amines) is 1. The lowest BCUT2D eigenvalue weighted by atomic mass is 9.96. The van der Waals surface area contributed by atoms with E-state index in [1.54, 1.807) is 25.7 Å². The van der Waals surface area contributed by atoms with E-state index in [1.807, 2.05) is 12.1 Å². The summed E-state index contributed by atoms with van der Waals surface area (Å²) in [6, 6.07) is 8.46. The van der Waals surface area contributed by atoms with Crippen LogP contribution in [0.15, 0.2) is 42.9 Å². The summed E-state index contributed by atoms with van der Waals surface area (Å²) in [5, 5.41) is 3.27. The molecular formula is C24H33N5O2. The Morgan fingerprint density at radius 1 is 1.13 bits per heavy atom. The van der Waals surface area contributed by atoms with Crippen molar-refractivity contribution in [3.8, 4) is 5.75 Å². The standard InChI is InChI=1S/C24H33N5O2/c1-31-21-9-7-19(8-10-21)22(28-13-3-2-4-14-28)16-27-24(30)20-6-5-15-29(18-20)23-17-25-11-12-26-23/h7-12,17,20,22H,2-6,13-16,18H2,1H3,(H,27,30)/t20-,22-/m1/s1. The van der Waals surface area contributed by atoms with Crippen molar-refractivity contribution in [2.45, 2.75) is 38.1 Å². The van der Waals surface area contributed by atoms with Gasteiger partial charge in [-0.3, -0.25) is 14.7 Å². The van der Waals surface area contributed by atoms with Crippen molar-refractivity contribution in [1.82, 2.24) is 20.2 Å². The number of anilines is 1. The molecule has 7 nitrogen and oxygen atoms in total. The van der Waals surface area contributed by atoms with Crippen LogP contribution < -0.4 is 15.0 Å². The van der Waals surface area contributed by atoms with Crippen LogP contribution in [0.5, 0.6) is 5.75 Å². The Hall–Kier alpha value is -2.67. The first-order valence-electron chi connectivity index (χ1n) is 11.4. The Kier molecular flexibility index (Phi) is 7.35. The van der Waals surface area contributed by atoms with Crippen LogP contribution in [0.2, 0.25) is 0 Å². The summed E-state index contributed by atoms with van der Waals surface area (Å²) in [4.78, 5) is 26.3. The molecule has 0 saturated carbocycles. The first-order chi connectivity index (χ1) is 15.2. The van der Waals surface area contributed by atoms with Crippen LogP contribution in [0.25, 0.3) is 0 Å². The van der Waals surface area contributed by atoms with Crippen LogP contribution >= 0.6 is 0 Å². The van der Waals surface area contributed by atoms with E-state index >= 15 is 0 Å². The van der Waals surface area contributed by atoms with E-state index < -0.39 is 0 Å². The first-order valence-corrected chi connectivity index (χ1v) is 11.4. The molecule has 2 fully saturated rings. The number of amides is 1. The van der Waals surface area contributed by atoms with Crippen molar-refractivity contribution in [2.24, 2.45) is 5.92 Å². The molecule has 2 aliphatic rings. The molecule has 1 amide bonds. The molecule has 166 valence electrons. The van der Waals surface area contributed by atoms with E-state index in [1.165, 1.54) is 24.8 Å². The third kappa shape index (κ3) is 5.53. The number of carbonyl (C=O) groups is 1. The number of nitrogens with zero attached hydrogens (tertiary/aromatic N) is 4. The Balaban J connectivity index is 1.40. The summed E-state index contributed by atoms with van der Waals surface area (Å²) in [7, 11) is 1.69. The minimum Gasteiger partial charge on any atom is -0.497 e. The van der Waals surface area contributed by atoms with Crippen molar-refractivity contribution in [2.75, 3.05) is 44.7 Å². The van der Waals surface area contributed by atoms with Crippen LogP contribution in [-0.2, 0) is 4.79 Å². The zero-order chi connectivity index (χ0) is 21.5. The lowest BCUT2D eigenvalue weighted by Gasteiger charge is -2.36. The maximum atomic E-state index is 13.1. The smallest absolute Gasteiger partial charge is 0.224 e. The Morgan fingerprint density at radius 3 is 2.65 bits per heavy atom. The van der Waals surface area contributed by atoms with Gasteiger partial charge in [0.05, 0.1) is 25.3 Å². The minimum atomic E-state index is -0.0198. The molecular weight excluding hydrogens is 390 g/mol. The van der Waals surface area contributed by atoms with E-state index in [4.69, 9.17) is 4.74 Å². The normalized spacial score (nSPS) is 20.8. The first kappa shape index (κ1) is 21.6. The number of methoxy groups -OCH3 is 1. The summed E-state index contributed by atoms with van der Waals surface area (Å²) in [5.74, 6) is 1.83. The summed E-state index contributed by atoms with van der Waals surface area (Å²) in [6.45, 7) is 4.41. The average Bonchev–Trinajstić information content (AvgIpc) is 2.85. The predicted molar refractivity (Wildman–Crippen MR) is 121 cm³/mol. The van der Waals surface area contributed by atoms with Gasteiger partial charge < -0.3 is 15.0 Å². The molecule has 0 aliphatic carbocycles. The molecule has 0 spiro atoms. The largest absolute Gasteiger partial charge is 0.497 e. The number of ether oxygens (including phenoxy) is 1. The molecule has 1 N–H and O–H groups in total. The van der Waals surface area contributed by atoms with Crippen molar-refractivity contribution in [3.63, 3.8) is 0 Å². The second kappa shape index (κ2) is 10.6. The topological polar surface area (TPSA) is 70.6 Å². The van der Waals surface area contributed by atoms with E-state index in [2.05, 4.69) is 37.2 Å². The van der Waals surface area contributed by atoms with Crippen LogP contribution in [0, 0.1) is 5.92 Å². The molecule has 0 radical (unpaired) electrons. The summed E-state index contributed by atoms with van der Waals surface area (Å²) in [6.07, 6.45) is 10.8. The fourth-order valence-corrected chi connectivity index (χ4v) is 4.71. The van der Waals surface area contributed by atoms with Gasteiger partial charge in [-0.05, 0) is 56.5 Å². The van der Waals surface area contributed by atoms with E-state index in [9.17, 15) is 4.79 Å². The van der Waals surface area contributed by atoms with Gasteiger partial charge in [0.1, 0.15) is 11.6 Å². The van der Waals surface area contributed by atoms with Crippen molar-refractivity contribution >= 4 is 11.7 Å². The van der Waals surface area contributed by atoms with Gasteiger partial charge in [0.15, 0.2) is 0 Å². The van der Waals surface area contributed by atoms with Crippen LogP contribution in [0.3, 0.4) is 0 Å². The average molecular weight is 424 g/mol. The fraction of sp³-hybridized carbons (Fsp3) is 0.542. The second-order valence-electron chi connectivity index (χ2n) is 8.48. The van der Waals surface area contributed by atoms with E-state index in [0.29, 0.717) is 13.1 Å². The highest BCUT2D eigenvalue weighted by Crippen LogP contribution is 2.26. The summed E-state index contributed by atoms with van der Waals surface area (Å²) in [5.41, 5.74) is 1.23. The number of aromatic nitrogens is 2. The predicted octanol–water partition coefficient (Wildman–Crippen LogP) is 3.05. The molecule has 0 unspecified atom stereocenters. The number of nitrogens with one attached hydrogen (secondary N) is 1. The molecule has 3 heterocycles. The number of rotatable bonds is 7. The molecule has 2 aromatic rings. The minimum absolute atomic E-state index is 0.0198.